The van der Waals surface area contributed by atoms with Gasteiger partial charge >= 0.3 is 0 Å². The number of hydrogen-bond donors (Lipinski definition) is 1. The molecular formula is C16H25N3. The van der Waals surface area contributed by atoms with E-state index >= 15 is 0 Å². The summed E-state index contributed by atoms with van der Waals surface area (Å²) in [7, 11) is 4.23. The van der Waals surface area contributed by atoms with Crippen LogP contribution >= 0.6 is 0 Å². The summed E-state index contributed by atoms with van der Waals surface area (Å²) in [4.78, 5) is 2.22. The zero-order chi connectivity index (χ0) is 13.7. The summed E-state index contributed by atoms with van der Waals surface area (Å²) in [6.07, 6.45) is 3.37. The van der Waals surface area contributed by atoms with E-state index in [1.807, 2.05) is 0 Å². The number of benzene rings is 1. The molecule has 0 amide bonds. The van der Waals surface area contributed by atoms with Gasteiger partial charge in [0.2, 0.25) is 0 Å². The lowest BCUT2D eigenvalue weighted by molar-refractivity contribution is 0.387. The van der Waals surface area contributed by atoms with Gasteiger partial charge in [-0.15, -0.1) is 0 Å². The highest BCUT2D eigenvalue weighted by Crippen LogP contribution is 2.17. The van der Waals surface area contributed by atoms with E-state index in [0.717, 1.165) is 26.2 Å². The largest absolute Gasteiger partial charge is 0.346 e. The second-order valence-electron chi connectivity index (χ2n) is 5.38. The lowest BCUT2D eigenvalue weighted by Gasteiger charge is -2.12. The Labute approximate surface area is 116 Å². The molecule has 1 aromatic carbocycles. The van der Waals surface area contributed by atoms with E-state index in [2.05, 4.69) is 66.3 Å². The SMILES string of the molecule is CCCNCc1ccc2ccn(CCN(C)C)c2c1. The highest BCUT2D eigenvalue weighted by molar-refractivity contribution is 5.80. The van der Waals surface area contributed by atoms with Gasteiger partial charge < -0.3 is 14.8 Å². The highest BCUT2D eigenvalue weighted by Gasteiger charge is 2.03. The fourth-order valence-electron chi connectivity index (χ4n) is 2.25. The van der Waals surface area contributed by atoms with Gasteiger partial charge in [0, 0.05) is 31.3 Å². The van der Waals surface area contributed by atoms with Gasteiger partial charge in [0.05, 0.1) is 0 Å². The van der Waals surface area contributed by atoms with Crippen molar-refractivity contribution in [1.29, 1.82) is 0 Å². The first-order valence-electron chi connectivity index (χ1n) is 7.14. The molecule has 19 heavy (non-hydrogen) atoms. The van der Waals surface area contributed by atoms with Crippen LogP contribution in [0.2, 0.25) is 0 Å². The summed E-state index contributed by atoms with van der Waals surface area (Å²) in [5.41, 5.74) is 2.71. The van der Waals surface area contributed by atoms with Crippen molar-refractivity contribution in [3.05, 3.63) is 36.0 Å². The summed E-state index contributed by atoms with van der Waals surface area (Å²) in [5, 5.41) is 4.79. The molecule has 0 fully saturated rings. The minimum atomic E-state index is 0.961. The first kappa shape index (κ1) is 14.1. The monoisotopic (exact) mass is 259 g/mol. The van der Waals surface area contributed by atoms with Crippen LogP contribution in [0.1, 0.15) is 18.9 Å². The van der Waals surface area contributed by atoms with Crippen LogP contribution in [0.5, 0.6) is 0 Å². The summed E-state index contributed by atoms with van der Waals surface area (Å²) < 4.78 is 2.35. The van der Waals surface area contributed by atoms with Crippen LogP contribution < -0.4 is 5.32 Å². The molecule has 0 aliphatic heterocycles. The molecule has 1 N–H and O–H groups in total. The molecule has 0 unspecified atom stereocenters. The topological polar surface area (TPSA) is 20.2 Å². The zero-order valence-electron chi connectivity index (χ0n) is 12.3. The quantitative estimate of drug-likeness (QED) is 0.772. The number of rotatable bonds is 7. The van der Waals surface area contributed by atoms with Crippen LogP contribution in [-0.4, -0.2) is 36.7 Å². The molecule has 1 aromatic heterocycles. The minimum Gasteiger partial charge on any atom is -0.346 e. The molecule has 104 valence electrons. The Morgan fingerprint density at radius 2 is 2.05 bits per heavy atom. The van der Waals surface area contributed by atoms with Crippen LogP contribution in [0.3, 0.4) is 0 Å². The third kappa shape index (κ3) is 3.82. The summed E-state index contributed by atoms with van der Waals surface area (Å²) >= 11 is 0. The van der Waals surface area contributed by atoms with Crippen molar-refractivity contribution in [2.24, 2.45) is 0 Å². The number of hydrogen-bond acceptors (Lipinski definition) is 2. The van der Waals surface area contributed by atoms with Crippen molar-refractivity contribution >= 4 is 10.9 Å². The standard InChI is InChI=1S/C16H25N3/c1-4-8-17-13-14-5-6-15-7-9-19(16(15)12-14)11-10-18(2)3/h5-7,9,12,17H,4,8,10-11,13H2,1-3H3. The van der Waals surface area contributed by atoms with Gasteiger partial charge in [0.25, 0.3) is 0 Å². The van der Waals surface area contributed by atoms with Crippen LogP contribution in [0.4, 0.5) is 0 Å². The number of nitrogens with zero attached hydrogens (tertiary/aromatic N) is 2. The van der Waals surface area contributed by atoms with Crippen LogP contribution in [-0.2, 0) is 13.1 Å². The van der Waals surface area contributed by atoms with Crippen molar-refractivity contribution < 1.29 is 0 Å². The average molecular weight is 259 g/mol. The van der Waals surface area contributed by atoms with Gasteiger partial charge in [-0.1, -0.05) is 19.1 Å². The summed E-state index contributed by atoms with van der Waals surface area (Å²) in [6, 6.07) is 8.97. The van der Waals surface area contributed by atoms with Crippen molar-refractivity contribution in [3.63, 3.8) is 0 Å². The molecular weight excluding hydrogens is 234 g/mol. The molecule has 0 saturated carbocycles. The van der Waals surface area contributed by atoms with E-state index in [1.54, 1.807) is 0 Å². The molecule has 0 bridgehead atoms. The second kappa shape index (κ2) is 6.73. The maximum absolute atomic E-state index is 3.46. The van der Waals surface area contributed by atoms with Crippen LogP contribution in [0.25, 0.3) is 10.9 Å². The number of fused-ring (bicyclic) bond motifs is 1. The zero-order valence-corrected chi connectivity index (χ0v) is 12.3. The average Bonchev–Trinajstić information content (AvgIpc) is 2.79. The molecule has 0 spiro atoms. The van der Waals surface area contributed by atoms with E-state index in [1.165, 1.54) is 22.9 Å². The van der Waals surface area contributed by atoms with Crippen molar-refractivity contribution in [2.45, 2.75) is 26.4 Å². The first-order valence-corrected chi connectivity index (χ1v) is 7.14. The number of likely N-dealkylation sites (N-methyl/N-ethyl adjacent to an activating group) is 1. The third-order valence-corrected chi connectivity index (χ3v) is 3.38. The smallest absolute Gasteiger partial charge is 0.0483 e. The first-order chi connectivity index (χ1) is 9.20. The molecule has 0 saturated heterocycles. The Morgan fingerprint density at radius 3 is 2.79 bits per heavy atom. The Balaban J connectivity index is 2.12. The van der Waals surface area contributed by atoms with Gasteiger partial charge in [-0.3, -0.25) is 0 Å². The van der Waals surface area contributed by atoms with E-state index in [9.17, 15) is 0 Å². The maximum atomic E-state index is 3.46. The van der Waals surface area contributed by atoms with Crippen molar-refractivity contribution in [1.82, 2.24) is 14.8 Å². The van der Waals surface area contributed by atoms with E-state index < -0.39 is 0 Å². The van der Waals surface area contributed by atoms with Gasteiger partial charge in [-0.25, -0.2) is 0 Å². The van der Waals surface area contributed by atoms with Gasteiger partial charge in [0.1, 0.15) is 0 Å². The molecule has 0 atom stereocenters. The van der Waals surface area contributed by atoms with Gasteiger partial charge in [-0.05, 0) is 50.1 Å². The lowest BCUT2D eigenvalue weighted by atomic mass is 10.1. The molecule has 0 aliphatic rings. The molecule has 0 radical (unpaired) electrons. The minimum absolute atomic E-state index is 0.961. The molecule has 3 nitrogen and oxygen atoms in total. The second-order valence-corrected chi connectivity index (χ2v) is 5.38. The fourth-order valence-corrected chi connectivity index (χ4v) is 2.25. The summed E-state index contributed by atoms with van der Waals surface area (Å²) in [6.45, 7) is 6.36. The van der Waals surface area contributed by atoms with Gasteiger partial charge in [-0.2, -0.15) is 0 Å². The Bertz CT molecular complexity index is 514. The van der Waals surface area contributed by atoms with Crippen molar-refractivity contribution in [3.8, 4) is 0 Å². The maximum Gasteiger partial charge on any atom is 0.0483 e. The predicted octanol–water partition coefficient (Wildman–Crippen LogP) is 2.70. The molecule has 2 aromatic rings. The molecule has 3 heteroatoms. The Hall–Kier alpha value is -1.32. The highest BCUT2D eigenvalue weighted by atomic mass is 15.1. The molecule has 2 rings (SSSR count). The predicted molar refractivity (Wildman–Crippen MR) is 82.5 cm³/mol. The molecule has 0 aliphatic carbocycles. The summed E-state index contributed by atoms with van der Waals surface area (Å²) in [5.74, 6) is 0. The Kier molecular flexibility index (Phi) is 5.00. The lowest BCUT2D eigenvalue weighted by Crippen LogP contribution is -2.18. The Morgan fingerprint density at radius 1 is 1.21 bits per heavy atom. The fraction of sp³-hybridized carbons (Fsp3) is 0.500. The number of nitrogens with one attached hydrogen (secondary N) is 1. The van der Waals surface area contributed by atoms with Crippen LogP contribution in [0.15, 0.2) is 30.5 Å². The van der Waals surface area contributed by atoms with E-state index in [0.29, 0.717) is 0 Å². The van der Waals surface area contributed by atoms with E-state index in [-0.39, 0.29) is 0 Å². The molecule has 1 heterocycles. The van der Waals surface area contributed by atoms with Crippen molar-refractivity contribution in [2.75, 3.05) is 27.2 Å². The third-order valence-electron chi connectivity index (χ3n) is 3.38. The van der Waals surface area contributed by atoms with Crippen LogP contribution in [0, 0.1) is 0 Å². The normalized spacial score (nSPS) is 11.6. The number of aromatic nitrogens is 1. The van der Waals surface area contributed by atoms with E-state index in [4.69, 9.17) is 0 Å². The van der Waals surface area contributed by atoms with Gasteiger partial charge in [0.15, 0.2) is 0 Å².